The molecule has 0 bridgehead atoms. The predicted octanol–water partition coefficient (Wildman–Crippen LogP) is 1.05. The van der Waals surface area contributed by atoms with E-state index in [1.165, 1.54) is 12.4 Å². The van der Waals surface area contributed by atoms with E-state index in [1.807, 2.05) is 6.92 Å². The molecule has 0 aliphatic heterocycles. The zero-order valence-corrected chi connectivity index (χ0v) is 4.89. The van der Waals surface area contributed by atoms with E-state index >= 15 is 0 Å². The summed E-state index contributed by atoms with van der Waals surface area (Å²) in [7, 11) is 0. The molecule has 0 saturated heterocycles. The Labute approximate surface area is 49.2 Å². The van der Waals surface area contributed by atoms with Gasteiger partial charge in [0.1, 0.15) is 0 Å². The molecule has 0 aromatic heterocycles. The summed E-state index contributed by atoms with van der Waals surface area (Å²) in [6.45, 7) is 1.88. The van der Waals surface area contributed by atoms with Gasteiger partial charge < -0.3 is 11.1 Å². The lowest BCUT2D eigenvalue weighted by atomic mass is 10.3. The van der Waals surface area contributed by atoms with E-state index in [4.69, 9.17) is 11.1 Å². The highest BCUT2D eigenvalue weighted by Crippen LogP contribution is 1.88. The summed E-state index contributed by atoms with van der Waals surface area (Å²) in [5, 5.41) is 6.64. The molecule has 44 valence electrons. The van der Waals surface area contributed by atoms with E-state index in [2.05, 4.69) is 0 Å². The van der Waals surface area contributed by atoms with Crippen molar-refractivity contribution < 1.29 is 0 Å². The molecule has 0 aromatic rings. The van der Waals surface area contributed by atoms with E-state index in [0.29, 0.717) is 0 Å². The molecule has 0 aromatic carbocycles. The van der Waals surface area contributed by atoms with Crippen LogP contribution in [0.2, 0.25) is 0 Å². The highest BCUT2D eigenvalue weighted by atomic mass is 14.5. The maximum absolute atomic E-state index is 6.64. The number of rotatable bonds is 2. The molecule has 0 atom stereocenters. The van der Waals surface area contributed by atoms with Crippen LogP contribution in [0.3, 0.4) is 0 Å². The van der Waals surface area contributed by atoms with Crippen LogP contribution in [0.4, 0.5) is 0 Å². The Morgan fingerprint density at radius 1 is 1.62 bits per heavy atom. The first kappa shape index (κ1) is 6.95. The first-order chi connectivity index (χ1) is 3.81. The van der Waals surface area contributed by atoms with Gasteiger partial charge in [0.05, 0.1) is 0 Å². The monoisotopic (exact) mass is 110 g/mol. The van der Waals surface area contributed by atoms with Gasteiger partial charge in [0, 0.05) is 6.21 Å². The van der Waals surface area contributed by atoms with Gasteiger partial charge >= 0.3 is 0 Å². The van der Waals surface area contributed by atoms with Gasteiger partial charge in [-0.1, -0.05) is 0 Å². The lowest BCUT2D eigenvalue weighted by Gasteiger charge is -1.82. The molecule has 0 heterocycles. The summed E-state index contributed by atoms with van der Waals surface area (Å²) in [5.74, 6) is 0. The van der Waals surface area contributed by atoms with Gasteiger partial charge in [-0.15, -0.1) is 0 Å². The second-order valence-electron chi connectivity index (χ2n) is 1.44. The van der Waals surface area contributed by atoms with Crippen LogP contribution < -0.4 is 5.73 Å². The summed E-state index contributed by atoms with van der Waals surface area (Å²) < 4.78 is 0. The van der Waals surface area contributed by atoms with E-state index in [0.717, 1.165) is 5.57 Å². The number of nitrogens with two attached hydrogens (primary N) is 1. The molecule has 0 radical (unpaired) electrons. The Kier molecular flexibility index (Phi) is 3.58. The van der Waals surface area contributed by atoms with Crippen molar-refractivity contribution in [2.24, 2.45) is 5.73 Å². The molecule has 3 N–H and O–H groups in total. The van der Waals surface area contributed by atoms with Gasteiger partial charge in [-0.05, 0) is 30.8 Å². The SMILES string of the molecule is CC(/C=C\N)=C\C=N. The first-order valence-corrected chi connectivity index (χ1v) is 2.37. The van der Waals surface area contributed by atoms with Crippen molar-refractivity contribution >= 4 is 6.21 Å². The third-order valence-electron chi connectivity index (χ3n) is 0.705. The summed E-state index contributed by atoms with van der Waals surface area (Å²) in [6, 6.07) is 0. The summed E-state index contributed by atoms with van der Waals surface area (Å²) >= 11 is 0. The quantitative estimate of drug-likeness (QED) is 0.405. The van der Waals surface area contributed by atoms with Gasteiger partial charge in [0.15, 0.2) is 0 Å². The number of nitrogens with one attached hydrogen (secondary N) is 1. The van der Waals surface area contributed by atoms with E-state index < -0.39 is 0 Å². The lowest BCUT2D eigenvalue weighted by molar-refractivity contribution is 1.48. The Hall–Kier alpha value is -1.05. The largest absolute Gasteiger partial charge is 0.405 e. The average Bonchev–Trinajstić information content (AvgIpc) is 1.68. The molecule has 8 heavy (non-hydrogen) atoms. The average molecular weight is 110 g/mol. The third-order valence-corrected chi connectivity index (χ3v) is 0.705. The molecule has 0 aliphatic rings. The van der Waals surface area contributed by atoms with Gasteiger partial charge in [0.2, 0.25) is 0 Å². The molecular formula is C6H10N2. The van der Waals surface area contributed by atoms with Crippen LogP contribution >= 0.6 is 0 Å². The highest BCUT2D eigenvalue weighted by molar-refractivity contribution is 5.69. The van der Waals surface area contributed by atoms with Gasteiger partial charge in [0.25, 0.3) is 0 Å². The van der Waals surface area contributed by atoms with Crippen LogP contribution in [0.25, 0.3) is 0 Å². The topological polar surface area (TPSA) is 49.9 Å². The smallest absolute Gasteiger partial charge is 0.0180 e. The number of hydrogen-bond acceptors (Lipinski definition) is 2. The minimum atomic E-state index is 0.988. The van der Waals surface area contributed by atoms with Crippen LogP contribution in [0, 0.1) is 5.41 Å². The van der Waals surface area contributed by atoms with Crippen LogP contribution in [-0.2, 0) is 0 Å². The van der Waals surface area contributed by atoms with Crippen molar-refractivity contribution in [3.63, 3.8) is 0 Å². The van der Waals surface area contributed by atoms with Crippen molar-refractivity contribution in [2.75, 3.05) is 0 Å². The molecule has 0 amide bonds. The highest BCUT2D eigenvalue weighted by Gasteiger charge is 1.72. The molecule has 0 rings (SSSR count). The second kappa shape index (κ2) is 4.12. The van der Waals surface area contributed by atoms with E-state index in [1.54, 1.807) is 12.2 Å². The summed E-state index contributed by atoms with van der Waals surface area (Å²) in [4.78, 5) is 0. The van der Waals surface area contributed by atoms with E-state index in [9.17, 15) is 0 Å². The molecule has 0 spiro atoms. The van der Waals surface area contributed by atoms with Crippen molar-refractivity contribution in [3.05, 3.63) is 23.9 Å². The minimum Gasteiger partial charge on any atom is -0.405 e. The molecule has 0 saturated carbocycles. The Balaban J connectivity index is 3.79. The normalized spacial score (nSPS) is 12.4. The molecule has 0 unspecified atom stereocenters. The van der Waals surface area contributed by atoms with Crippen molar-refractivity contribution in [3.8, 4) is 0 Å². The minimum absolute atomic E-state index is 0.988. The molecule has 2 nitrogen and oxygen atoms in total. The second-order valence-corrected chi connectivity index (χ2v) is 1.44. The van der Waals surface area contributed by atoms with Gasteiger partial charge in [-0.25, -0.2) is 0 Å². The van der Waals surface area contributed by atoms with Crippen molar-refractivity contribution in [1.29, 1.82) is 5.41 Å². The van der Waals surface area contributed by atoms with Crippen LogP contribution in [0.5, 0.6) is 0 Å². The summed E-state index contributed by atoms with van der Waals surface area (Å²) in [6.07, 6.45) is 6.10. The fourth-order valence-electron chi connectivity index (χ4n) is 0.339. The summed E-state index contributed by atoms with van der Waals surface area (Å²) in [5.41, 5.74) is 6.05. The number of hydrogen-bond donors (Lipinski definition) is 2. The molecule has 0 aliphatic carbocycles. The van der Waals surface area contributed by atoms with Gasteiger partial charge in [-0.3, -0.25) is 0 Å². The fourth-order valence-corrected chi connectivity index (χ4v) is 0.339. The van der Waals surface area contributed by atoms with Gasteiger partial charge in [-0.2, -0.15) is 0 Å². The zero-order valence-electron chi connectivity index (χ0n) is 4.89. The Morgan fingerprint density at radius 3 is 2.62 bits per heavy atom. The predicted molar refractivity (Wildman–Crippen MR) is 35.9 cm³/mol. The first-order valence-electron chi connectivity index (χ1n) is 2.37. The van der Waals surface area contributed by atoms with Crippen molar-refractivity contribution in [2.45, 2.75) is 6.92 Å². The molecule has 2 heteroatoms. The standard InChI is InChI=1S/C6H10N2/c1-6(2-4-7)3-5-8/h2-5,7H,8H2,1H3/b5-3-,6-2+,7-4?. The lowest BCUT2D eigenvalue weighted by Crippen LogP contribution is -1.76. The van der Waals surface area contributed by atoms with Crippen LogP contribution in [0.15, 0.2) is 23.9 Å². The van der Waals surface area contributed by atoms with Crippen LogP contribution in [0.1, 0.15) is 6.92 Å². The third kappa shape index (κ3) is 3.15. The fraction of sp³-hybridized carbons (Fsp3) is 0.167. The maximum atomic E-state index is 6.64. The molecular weight excluding hydrogens is 100 g/mol. The van der Waals surface area contributed by atoms with E-state index in [-0.39, 0.29) is 0 Å². The number of allylic oxidation sites excluding steroid dienone is 3. The zero-order chi connectivity index (χ0) is 6.41. The van der Waals surface area contributed by atoms with Crippen molar-refractivity contribution in [1.82, 2.24) is 0 Å². The maximum Gasteiger partial charge on any atom is 0.0180 e. The van der Waals surface area contributed by atoms with Crippen LogP contribution in [-0.4, -0.2) is 6.21 Å². The Morgan fingerprint density at radius 2 is 2.25 bits per heavy atom. The molecule has 0 fully saturated rings. The Bertz CT molecular complexity index is 122.